The van der Waals surface area contributed by atoms with E-state index >= 15 is 0 Å². The van der Waals surface area contributed by atoms with Crippen LogP contribution in [0.2, 0.25) is 0 Å². The number of hydrogen-bond acceptors (Lipinski definition) is 3. The molecule has 0 fully saturated rings. The van der Waals surface area contributed by atoms with Crippen LogP contribution < -0.4 is 0 Å². The van der Waals surface area contributed by atoms with E-state index in [0.717, 1.165) is 16.5 Å². The van der Waals surface area contributed by atoms with Gasteiger partial charge in [-0.3, -0.25) is 4.79 Å². The molecule has 0 aliphatic rings. The maximum absolute atomic E-state index is 11.7. The van der Waals surface area contributed by atoms with Crippen molar-refractivity contribution < 1.29 is 14.3 Å². The number of fused-ring (bicyclic) bond motifs is 1. The minimum Gasteiger partial charge on any atom is -0.466 e. The molecule has 4 nitrogen and oxygen atoms in total. The van der Waals surface area contributed by atoms with Gasteiger partial charge in [-0.1, -0.05) is 12.1 Å². The highest BCUT2D eigenvalue weighted by atomic mass is 16.5. The summed E-state index contributed by atoms with van der Waals surface area (Å²) in [5.41, 5.74) is 2.44. The number of ether oxygens (including phenoxy) is 1. The van der Waals surface area contributed by atoms with Crippen molar-refractivity contribution in [3.05, 3.63) is 41.6 Å². The Balaban J connectivity index is 2.64. The predicted octanol–water partition coefficient (Wildman–Crippen LogP) is 2.57. The second kappa shape index (κ2) is 5.10. The highest BCUT2D eigenvalue weighted by Gasteiger charge is 2.12. The Kier molecular flexibility index (Phi) is 3.51. The second-order valence-corrected chi connectivity index (χ2v) is 4.31. The van der Waals surface area contributed by atoms with Crippen LogP contribution in [0.3, 0.4) is 0 Å². The highest BCUT2D eigenvalue weighted by Crippen LogP contribution is 2.26. The average molecular weight is 257 g/mol. The van der Waals surface area contributed by atoms with E-state index in [-0.39, 0.29) is 5.78 Å². The lowest BCUT2D eigenvalue weighted by Gasteiger charge is -2.00. The first-order chi connectivity index (χ1) is 9.04. The molecule has 1 heterocycles. The average Bonchev–Trinajstić information content (AvgIpc) is 2.74. The maximum atomic E-state index is 11.7. The Hall–Kier alpha value is -2.36. The number of methoxy groups -OCH3 is 1. The van der Waals surface area contributed by atoms with Crippen molar-refractivity contribution in [3.63, 3.8) is 0 Å². The molecule has 0 radical (unpaired) electrons. The van der Waals surface area contributed by atoms with Crippen LogP contribution in [-0.4, -0.2) is 23.4 Å². The van der Waals surface area contributed by atoms with Crippen LogP contribution in [0.1, 0.15) is 22.8 Å². The van der Waals surface area contributed by atoms with Gasteiger partial charge in [-0.25, -0.2) is 4.79 Å². The normalized spacial score (nSPS) is 11.1. The monoisotopic (exact) mass is 257 g/mol. The zero-order valence-corrected chi connectivity index (χ0v) is 11.1. The molecule has 0 bridgehead atoms. The molecule has 0 aliphatic carbocycles. The summed E-state index contributed by atoms with van der Waals surface area (Å²) in [5, 5.41) is 0.859. The molecule has 19 heavy (non-hydrogen) atoms. The SMILES string of the molecule is COC(=O)/C=C/c1cccc2c1c(C(C)=O)cn2C. The molecule has 2 aromatic rings. The van der Waals surface area contributed by atoms with Crippen LogP contribution >= 0.6 is 0 Å². The molecule has 0 saturated carbocycles. The fraction of sp³-hybridized carbons (Fsp3) is 0.200. The van der Waals surface area contributed by atoms with Gasteiger partial charge in [-0.05, 0) is 24.6 Å². The third-order valence-corrected chi connectivity index (χ3v) is 3.03. The van der Waals surface area contributed by atoms with Gasteiger partial charge in [0.25, 0.3) is 0 Å². The fourth-order valence-corrected chi connectivity index (χ4v) is 2.10. The Morgan fingerprint density at radius 1 is 1.32 bits per heavy atom. The van der Waals surface area contributed by atoms with Crippen LogP contribution in [0.5, 0.6) is 0 Å². The van der Waals surface area contributed by atoms with E-state index in [4.69, 9.17) is 0 Å². The standard InChI is InChI=1S/C15H15NO3/c1-10(17)12-9-16(2)13-6-4-5-11(15(12)13)7-8-14(18)19-3/h4-9H,1-3H3/b8-7+. The van der Waals surface area contributed by atoms with Crippen LogP contribution in [0, 0.1) is 0 Å². The van der Waals surface area contributed by atoms with Crippen molar-refractivity contribution in [2.75, 3.05) is 7.11 Å². The largest absolute Gasteiger partial charge is 0.466 e. The van der Waals surface area contributed by atoms with E-state index < -0.39 is 5.97 Å². The number of carbonyl (C=O) groups excluding carboxylic acids is 2. The van der Waals surface area contributed by atoms with E-state index in [0.29, 0.717) is 5.56 Å². The van der Waals surface area contributed by atoms with Crippen molar-refractivity contribution >= 4 is 28.7 Å². The molecule has 0 atom stereocenters. The molecular formula is C15H15NO3. The van der Waals surface area contributed by atoms with Crippen LogP contribution in [0.25, 0.3) is 17.0 Å². The highest BCUT2D eigenvalue weighted by molar-refractivity contribution is 6.10. The zero-order chi connectivity index (χ0) is 14.0. The number of hydrogen-bond donors (Lipinski definition) is 0. The first kappa shape index (κ1) is 13.1. The summed E-state index contributed by atoms with van der Waals surface area (Å²) in [7, 11) is 3.22. The fourth-order valence-electron chi connectivity index (χ4n) is 2.10. The smallest absolute Gasteiger partial charge is 0.330 e. The van der Waals surface area contributed by atoms with E-state index in [9.17, 15) is 9.59 Å². The van der Waals surface area contributed by atoms with Crippen molar-refractivity contribution in [1.29, 1.82) is 0 Å². The molecule has 0 spiro atoms. The number of aryl methyl sites for hydroxylation is 1. The molecule has 0 amide bonds. The number of esters is 1. The molecule has 4 heteroatoms. The quantitative estimate of drug-likeness (QED) is 0.482. The molecule has 1 aromatic heterocycles. The van der Waals surface area contributed by atoms with Crippen molar-refractivity contribution in [3.8, 4) is 0 Å². The van der Waals surface area contributed by atoms with Crippen molar-refractivity contribution in [2.24, 2.45) is 7.05 Å². The van der Waals surface area contributed by atoms with E-state index in [2.05, 4.69) is 4.74 Å². The Labute approximate surface area is 111 Å². The first-order valence-corrected chi connectivity index (χ1v) is 5.89. The lowest BCUT2D eigenvalue weighted by atomic mass is 10.0. The maximum Gasteiger partial charge on any atom is 0.330 e. The molecule has 0 saturated heterocycles. The lowest BCUT2D eigenvalue weighted by molar-refractivity contribution is -0.134. The van der Waals surface area contributed by atoms with Gasteiger partial charge in [-0.15, -0.1) is 0 Å². The van der Waals surface area contributed by atoms with Gasteiger partial charge < -0.3 is 9.30 Å². The number of carbonyl (C=O) groups is 2. The minimum absolute atomic E-state index is 0.00418. The number of ketones is 1. The van der Waals surface area contributed by atoms with E-state index in [1.54, 1.807) is 6.08 Å². The first-order valence-electron chi connectivity index (χ1n) is 5.89. The molecule has 2 rings (SSSR count). The Bertz CT molecular complexity index is 680. The van der Waals surface area contributed by atoms with Gasteiger partial charge in [-0.2, -0.15) is 0 Å². The third kappa shape index (κ3) is 2.42. The lowest BCUT2D eigenvalue weighted by Crippen LogP contribution is -1.94. The molecule has 0 aliphatic heterocycles. The summed E-state index contributed by atoms with van der Waals surface area (Å²) in [5.74, 6) is -0.415. The summed E-state index contributed by atoms with van der Waals surface area (Å²) < 4.78 is 6.47. The van der Waals surface area contributed by atoms with Crippen LogP contribution in [0.4, 0.5) is 0 Å². The van der Waals surface area contributed by atoms with E-state index in [1.807, 2.05) is 36.0 Å². The molecule has 1 aromatic carbocycles. The summed E-state index contributed by atoms with van der Waals surface area (Å²) in [6.45, 7) is 1.54. The van der Waals surface area contributed by atoms with Gasteiger partial charge in [0, 0.05) is 35.8 Å². The Morgan fingerprint density at radius 2 is 2.05 bits per heavy atom. The van der Waals surface area contributed by atoms with Gasteiger partial charge in [0.15, 0.2) is 5.78 Å². The van der Waals surface area contributed by atoms with Crippen LogP contribution in [0.15, 0.2) is 30.5 Å². The van der Waals surface area contributed by atoms with E-state index in [1.165, 1.54) is 20.1 Å². The summed E-state index contributed by atoms with van der Waals surface area (Å²) in [6, 6.07) is 5.70. The number of benzene rings is 1. The van der Waals surface area contributed by atoms with Gasteiger partial charge in [0.2, 0.25) is 0 Å². The Morgan fingerprint density at radius 3 is 2.68 bits per heavy atom. The topological polar surface area (TPSA) is 48.3 Å². The van der Waals surface area contributed by atoms with Gasteiger partial charge >= 0.3 is 5.97 Å². The predicted molar refractivity (Wildman–Crippen MR) is 74.0 cm³/mol. The van der Waals surface area contributed by atoms with Gasteiger partial charge in [0.1, 0.15) is 0 Å². The summed E-state index contributed by atoms with van der Waals surface area (Å²) in [4.78, 5) is 22.9. The molecule has 98 valence electrons. The zero-order valence-electron chi connectivity index (χ0n) is 11.1. The molecule has 0 unspecified atom stereocenters. The van der Waals surface area contributed by atoms with Crippen LogP contribution in [-0.2, 0) is 16.6 Å². The van der Waals surface area contributed by atoms with Gasteiger partial charge in [0.05, 0.1) is 7.11 Å². The summed E-state index contributed by atoms with van der Waals surface area (Å²) >= 11 is 0. The minimum atomic E-state index is -0.419. The second-order valence-electron chi connectivity index (χ2n) is 4.31. The third-order valence-electron chi connectivity index (χ3n) is 3.03. The van der Waals surface area contributed by atoms with Crippen molar-refractivity contribution in [2.45, 2.75) is 6.92 Å². The summed E-state index contributed by atoms with van der Waals surface area (Å²) in [6.07, 6.45) is 4.83. The number of aromatic nitrogens is 1. The molecular weight excluding hydrogens is 242 g/mol. The molecule has 0 N–H and O–H groups in total. The van der Waals surface area contributed by atoms with Crippen molar-refractivity contribution in [1.82, 2.24) is 4.57 Å². The number of rotatable bonds is 3. The number of nitrogens with zero attached hydrogens (tertiary/aromatic N) is 1. The number of Topliss-reactive ketones (excluding diaryl/α,β-unsaturated/α-hetero) is 1.